The molecule has 0 radical (unpaired) electrons. The van der Waals surface area contributed by atoms with Crippen molar-refractivity contribution in [3.8, 4) is 5.75 Å². The Balaban J connectivity index is 3.04. The van der Waals surface area contributed by atoms with Crippen LogP contribution in [0, 0.1) is 6.92 Å². The van der Waals surface area contributed by atoms with Gasteiger partial charge in [-0.25, -0.2) is 0 Å². The highest BCUT2D eigenvalue weighted by Crippen LogP contribution is 2.32. The van der Waals surface area contributed by atoms with Crippen LogP contribution >= 0.6 is 0 Å². The summed E-state index contributed by atoms with van der Waals surface area (Å²) in [6, 6.07) is 4.58. The summed E-state index contributed by atoms with van der Waals surface area (Å²) in [6.45, 7) is 11.7. The number of hydrogen-bond donors (Lipinski definition) is 1. The van der Waals surface area contributed by atoms with E-state index < -0.39 is 0 Å². The molecular weight excluding hydrogens is 246 g/mol. The minimum atomic E-state index is 0.141. The van der Waals surface area contributed by atoms with Crippen molar-refractivity contribution < 1.29 is 4.74 Å². The molecule has 0 amide bonds. The van der Waals surface area contributed by atoms with E-state index in [1.807, 2.05) is 0 Å². The van der Waals surface area contributed by atoms with Crippen LogP contribution in [0.1, 0.15) is 82.0 Å². The molecule has 2 N–H and O–H groups in total. The maximum Gasteiger partial charge on any atom is 0.123 e. The number of unbranched alkanes of at least 4 members (excludes halogenated alkanes) is 1. The van der Waals surface area contributed by atoms with Crippen molar-refractivity contribution in [1.29, 1.82) is 0 Å². The van der Waals surface area contributed by atoms with Gasteiger partial charge in [0.1, 0.15) is 5.75 Å². The molecule has 2 nitrogen and oxygen atoms in total. The number of benzene rings is 1. The van der Waals surface area contributed by atoms with Gasteiger partial charge in [-0.2, -0.15) is 0 Å². The van der Waals surface area contributed by atoms with Crippen LogP contribution in [0.4, 0.5) is 0 Å². The first-order chi connectivity index (χ1) is 9.51. The highest BCUT2D eigenvalue weighted by molar-refractivity contribution is 5.45. The average Bonchev–Trinajstić information content (AvgIpc) is 2.39. The van der Waals surface area contributed by atoms with Crippen LogP contribution < -0.4 is 10.5 Å². The number of nitrogens with two attached hydrogens (primary N) is 1. The summed E-state index contributed by atoms with van der Waals surface area (Å²) in [4.78, 5) is 0. The van der Waals surface area contributed by atoms with Gasteiger partial charge in [0.15, 0.2) is 0 Å². The normalized spacial score (nSPS) is 12.8. The Hall–Kier alpha value is -1.02. The third-order valence-electron chi connectivity index (χ3n) is 3.78. The van der Waals surface area contributed by atoms with Gasteiger partial charge in [0.25, 0.3) is 0 Å². The Morgan fingerprint density at radius 3 is 2.35 bits per heavy atom. The molecule has 1 aromatic carbocycles. The molecule has 1 atom stereocenters. The van der Waals surface area contributed by atoms with Gasteiger partial charge >= 0.3 is 0 Å². The second kappa shape index (κ2) is 8.31. The quantitative estimate of drug-likeness (QED) is 0.671. The minimum Gasteiger partial charge on any atom is -0.493 e. The van der Waals surface area contributed by atoms with E-state index in [-0.39, 0.29) is 6.04 Å². The molecule has 1 aromatic rings. The molecule has 0 saturated heterocycles. The molecule has 1 unspecified atom stereocenters. The second-order valence-electron chi connectivity index (χ2n) is 6.00. The predicted molar refractivity (Wildman–Crippen MR) is 87.5 cm³/mol. The van der Waals surface area contributed by atoms with Gasteiger partial charge in [0.2, 0.25) is 0 Å². The fourth-order valence-electron chi connectivity index (χ4n) is 2.48. The molecule has 0 saturated carbocycles. The van der Waals surface area contributed by atoms with Crippen LogP contribution in [0.2, 0.25) is 0 Å². The van der Waals surface area contributed by atoms with Gasteiger partial charge in [-0.05, 0) is 48.4 Å². The number of hydrogen-bond acceptors (Lipinski definition) is 2. The SMILES string of the molecule is CCCCOc1cc(C)c(C(N)CCC)cc1C(C)C. The summed E-state index contributed by atoms with van der Waals surface area (Å²) >= 11 is 0. The van der Waals surface area contributed by atoms with Crippen LogP contribution in [0.15, 0.2) is 12.1 Å². The lowest BCUT2D eigenvalue weighted by molar-refractivity contribution is 0.305. The summed E-state index contributed by atoms with van der Waals surface area (Å²) < 4.78 is 5.97. The molecule has 0 fully saturated rings. The van der Waals surface area contributed by atoms with E-state index in [2.05, 4.69) is 46.8 Å². The van der Waals surface area contributed by atoms with Gasteiger partial charge in [-0.15, -0.1) is 0 Å². The summed E-state index contributed by atoms with van der Waals surface area (Å²) in [7, 11) is 0. The topological polar surface area (TPSA) is 35.2 Å². The standard InChI is InChI=1S/C18H31NO/c1-6-8-10-20-18-11-14(5)16(17(19)9-7-2)12-15(18)13(3)4/h11-13,17H,6-10,19H2,1-5H3. The molecule has 20 heavy (non-hydrogen) atoms. The van der Waals surface area contributed by atoms with E-state index in [9.17, 15) is 0 Å². The largest absolute Gasteiger partial charge is 0.493 e. The molecule has 0 aromatic heterocycles. The number of rotatable bonds is 8. The first-order valence-corrected chi connectivity index (χ1v) is 8.04. The molecule has 0 aliphatic heterocycles. The van der Waals surface area contributed by atoms with Crippen LogP contribution in [-0.4, -0.2) is 6.61 Å². The van der Waals surface area contributed by atoms with Crippen molar-refractivity contribution in [2.75, 3.05) is 6.61 Å². The zero-order chi connectivity index (χ0) is 15.1. The average molecular weight is 277 g/mol. The Kier molecular flexibility index (Phi) is 7.08. The third kappa shape index (κ3) is 4.52. The van der Waals surface area contributed by atoms with E-state index in [1.165, 1.54) is 16.7 Å². The molecule has 2 heteroatoms. The smallest absolute Gasteiger partial charge is 0.123 e. The van der Waals surface area contributed by atoms with Gasteiger partial charge in [-0.1, -0.05) is 46.6 Å². The van der Waals surface area contributed by atoms with E-state index in [0.29, 0.717) is 5.92 Å². The monoisotopic (exact) mass is 277 g/mol. The van der Waals surface area contributed by atoms with Crippen LogP contribution in [0.3, 0.4) is 0 Å². The van der Waals surface area contributed by atoms with Crippen LogP contribution in [0.25, 0.3) is 0 Å². The van der Waals surface area contributed by atoms with Gasteiger partial charge in [-0.3, -0.25) is 0 Å². The van der Waals surface area contributed by atoms with Crippen molar-refractivity contribution >= 4 is 0 Å². The fraction of sp³-hybridized carbons (Fsp3) is 0.667. The van der Waals surface area contributed by atoms with Crippen molar-refractivity contribution in [1.82, 2.24) is 0 Å². The van der Waals surface area contributed by atoms with Crippen LogP contribution in [-0.2, 0) is 0 Å². The maximum atomic E-state index is 6.31. The second-order valence-corrected chi connectivity index (χ2v) is 6.00. The van der Waals surface area contributed by atoms with Gasteiger partial charge in [0, 0.05) is 6.04 Å². The lowest BCUT2D eigenvalue weighted by atomic mass is 9.92. The fourth-order valence-corrected chi connectivity index (χ4v) is 2.48. The van der Waals surface area contributed by atoms with E-state index in [0.717, 1.165) is 38.0 Å². The predicted octanol–water partition coefficient (Wildman–Crippen LogP) is 5.10. The minimum absolute atomic E-state index is 0.141. The Labute approximate surface area is 124 Å². The number of ether oxygens (including phenoxy) is 1. The summed E-state index contributed by atoms with van der Waals surface area (Å²) in [5.41, 5.74) is 10.1. The Bertz CT molecular complexity index is 412. The molecule has 0 aliphatic rings. The zero-order valence-electron chi connectivity index (χ0n) is 13.8. The van der Waals surface area contributed by atoms with E-state index >= 15 is 0 Å². The molecular formula is C18H31NO. The Morgan fingerprint density at radius 1 is 1.10 bits per heavy atom. The molecule has 0 aliphatic carbocycles. The first kappa shape index (κ1) is 17.0. The van der Waals surface area contributed by atoms with E-state index in [1.54, 1.807) is 0 Å². The lowest BCUT2D eigenvalue weighted by Gasteiger charge is -2.20. The van der Waals surface area contributed by atoms with Gasteiger partial charge in [0.05, 0.1) is 6.61 Å². The summed E-state index contributed by atoms with van der Waals surface area (Å²) in [5.74, 6) is 1.50. The van der Waals surface area contributed by atoms with Crippen molar-refractivity contribution in [3.05, 3.63) is 28.8 Å². The van der Waals surface area contributed by atoms with Gasteiger partial charge < -0.3 is 10.5 Å². The third-order valence-corrected chi connectivity index (χ3v) is 3.78. The molecule has 0 bridgehead atoms. The Morgan fingerprint density at radius 2 is 1.80 bits per heavy atom. The lowest BCUT2D eigenvalue weighted by Crippen LogP contribution is -2.13. The maximum absolute atomic E-state index is 6.31. The molecule has 0 heterocycles. The van der Waals surface area contributed by atoms with Crippen molar-refractivity contribution in [2.45, 2.75) is 72.3 Å². The molecule has 114 valence electrons. The highest BCUT2D eigenvalue weighted by Gasteiger charge is 2.15. The zero-order valence-corrected chi connectivity index (χ0v) is 13.8. The van der Waals surface area contributed by atoms with E-state index in [4.69, 9.17) is 10.5 Å². The summed E-state index contributed by atoms with van der Waals surface area (Å²) in [6.07, 6.45) is 4.42. The summed E-state index contributed by atoms with van der Waals surface area (Å²) in [5, 5.41) is 0. The van der Waals surface area contributed by atoms with Crippen LogP contribution in [0.5, 0.6) is 5.75 Å². The number of aryl methyl sites for hydroxylation is 1. The first-order valence-electron chi connectivity index (χ1n) is 8.04. The van der Waals surface area contributed by atoms with Crippen molar-refractivity contribution in [3.63, 3.8) is 0 Å². The van der Waals surface area contributed by atoms with Crippen molar-refractivity contribution in [2.24, 2.45) is 5.73 Å². The molecule has 1 rings (SSSR count). The highest BCUT2D eigenvalue weighted by atomic mass is 16.5. The molecule has 0 spiro atoms.